The Morgan fingerprint density at radius 2 is 0.943 bits per heavy atom. The van der Waals surface area contributed by atoms with E-state index in [1.54, 1.807) is 0 Å². The summed E-state index contributed by atoms with van der Waals surface area (Å²) in [6.45, 7) is 0. The Morgan fingerprint density at radius 1 is 0.543 bits per heavy atom. The van der Waals surface area contributed by atoms with Crippen molar-refractivity contribution in [3.05, 3.63) is 156 Å². The average molecular weight is 461 g/mol. The topological polar surface area (TPSA) is 38.7 Å². The van der Waals surface area contributed by atoms with Gasteiger partial charge in [-0.15, -0.1) is 0 Å². The number of benzene rings is 4. The van der Waals surface area contributed by atoms with Gasteiger partial charge in [0.2, 0.25) is 0 Å². The molecule has 0 aliphatic rings. The van der Waals surface area contributed by atoms with Crippen LogP contribution in [0.3, 0.4) is 0 Å². The van der Waals surface area contributed by atoms with Crippen LogP contribution < -0.4 is 4.74 Å². The van der Waals surface area contributed by atoms with E-state index < -0.39 is 11.7 Å². The molecule has 3 nitrogen and oxygen atoms in total. The highest BCUT2D eigenvalue weighted by molar-refractivity contribution is 5.58. The van der Waals surface area contributed by atoms with Crippen molar-refractivity contribution in [1.82, 2.24) is 0 Å². The summed E-state index contributed by atoms with van der Waals surface area (Å²) < 4.78 is 6.58. The van der Waals surface area contributed by atoms with E-state index in [0.29, 0.717) is 5.75 Å². The number of para-hydroxylation sites is 1. The lowest BCUT2D eigenvalue weighted by molar-refractivity contribution is -0.285. The lowest BCUT2D eigenvalue weighted by Gasteiger charge is -2.33. The third-order valence-electron chi connectivity index (χ3n) is 5.53. The molecule has 0 spiro atoms. The van der Waals surface area contributed by atoms with Crippen LogP contribution >= 0.6 is 0 Å². The quantitative estimate of drug-likeness (QED) is 0.194. The lowest BCUT2D eigenvalue weighted by Crippen LogP contribution is -2.44. The maximum atomic E-state index is 10.1. The highest BCUT2D eigenvalue weighted by Crippen LogP contribution is 2.30. The molecule has 0 saturated heterocycles. The minimum Gasteiger partial charge on any atom is -0.476 e. The molecular weight excluding hydrogens is 432 g/mol. The summed E-state index contributed by atoms with van der Waals surface area (Å²) in [4.78, 5) is 5.07. The van der Waals surface area contributed by atoms with Gasteiger partial charge in [-0.2, -0.15) is 0 Å². The molecular formula is C32H28O3. The Kier molecular flexibility index (Phi) is 8.44. The van der Waals surface area contributed by atoms with Gasteiger partial charge >= 0.3 is 0 Å². The molecule has 0 radical (unpaired) electrons. The fourth-order valence-electron chi connectivity index (χ4n) is 3.68. The SMILES string of the molecule is OOC(C=Cc1ccccc1)C(C=Cc1ccccc1)(C=Cc1ccccc1)Oc1ccccc1. The van der Waals surface area contributed by atoms with Crippen LogP contribution in [0.15, 0.2) is 140 Å². The molecule has 1 N–H and O–H groups in total. The van der Waals surface area contributed by atoms with Crippen LogP contribution in [-0.2, 0) is 4.89 Å². The van der Waals surface area contributed by atoms with Gasteiger partial charge in [0.1, 0.15) is 5.75 Å². The van der Waals surface area contributed by atoms with Crippen LogP contribution in [0.5, 0.6) is 5.75 Å². The molecule has 0 saturated carbocycles. The van der Waals surface area contributed by atoms with Gasteiger partial charge in [-0.25, -0.2) is 4.89 Å². The molecule has 35 heavy (non-hydrogen) atoms. The second-order valence-electron chi connectivity index (χ2n) is 8.05. The third-order valence-corrected chi connectivity index (χ3v) is 5.53. The van der Waals surface area contributed by atoms with Crippen molar-refractivity contribution in [2.24, 2.45) is 0 Å². The first-order valence-corrected chi connectivity index (χ1v) is 11.5. The van der Waals surface area contributed by atoms with Gasteiger partial charge in [-0.05, 0) is 47.1 Å². The first-order valence-electron chi connectivity index (χ1n) is 11.5. The van der Waals surface area contributed by atoms with Gasteiger partial charge < -0.3 is 4.74 Å². The fraction of sp³-hybridized carbons (Fsp3) is 0.0625. The molecule has 0 aromatic heterocycles. The number of hydrogen-bond acceptors (Lipinski definition) is 3. The molecule has 174 valence electrons. The van der Waals surface area contributed by atoms with Crippen molar-refractivity contribution in [2.75, 3.05) is 0 Å². The smallest absolute Gasteiger partial charge is 0.179 e. The molecule has 0 amide bonds. The minimum absolute atomic E-state index is 0.651. The molecule has 4 aromatic carbocycles. The molecule has 1 unspecified atom stereocenters. The maximum Gasteiger partial charge on any atom is 0.179 e. The van der Waals surface area contributed by atoms with Crippen molar-refractivity contribution >= 4 is 18.2 Å². The zero-order valence-corrected chi connectivity index (χ0v) is 19.4. The zero-order chi connectivity index (χ0) is 24.2. The highest BCUT2D eigenvalue weighted by atomic mass is 17.1. The van der Waals surface area contributed by atoms with Gasteiger partial charge in [0.15, 0.2) is 11.7 Å². The Balaban J connectivity index is 1.81. The van der Waals surface area contributed by atoms with E-state index >= 15 is 0 Å². The van der Waals surface area contributed by atoms with Gasteiger partial charge in [-0.3, -0.25) is 5.26 Å². The average Bonchev–Trinajstić information content (AvgIpc) is 2.93. The minimum atomic E-state index is -1.16. The lowest BCUT2D eigenvalue weighted by atomic mass is 9.92. The first-order chi connectivity index (χ1) is 17.3. The van der Waals surface area contributed by atoms with Crippen LogP contribution in [0.4, 0.5) is 0 Å². The number of ether oxygens (including phenoxy) is 1. The highest BCUT2D eigenvalue weighted by Gasteiger charge is 2.37. The normalized spacial score (nSPS) is 14.3. The Labute approximate surface area is 206 Å². The second kappa shape index (κ2) is 12.3. The largest absolute Gasteiger partial charge is 0.476 e. The summed E-state index contributed by atoms with van der Waals surface area (Å²) in [5.74, 6) is 0.651. The molecule has 1 atom stereocenters. The van der Waals surface area contributed by atoms with Crippen LogP contribution in [0.2, 0.25) is 0 Å². The van der Waals surface area contributed by atoms with Gasteiger partial charge in [0.25, 0.3) is 0 Å². The summed E-state index contributed by atoms with van der Waals surface area (Å²) >= 11 is 0. The van der Waals surface area contributed by atoms with Crippen molar-refractivity contribution in [2.45, 2.75) is 11.7 Å². The molecule has 0 fully saturated rings. The molecule has 0 aliphatic heterocycles. The number of hydrogen-bond donors (Lipinski definition) is 1. The summed E-state index contributed by atoms with van der Waals surface area (Å²) in [5.41, 5.74) is 1.84. The van der Waals surface area contributed by atoms with E-state index in [0.717, 1.165) is 16.7 Å². The van der Waals surface area contributed by atoms with E-state index in [2.05, 4.69) is 0 Å². The molecule has 3 heteroatoms. The summed E-state index contributed by atoms with van der Waals surface area (Å²) in [7, 11) is 0. The molecule has 0 bridgehead atoms. The van der Waals surface area contributed by atoms with E-state index in [9.17, 15) is 5.26 Å². The Hall–Kier alpha value is -4.18. The van der Waals surface area contributed by atoms with Gasteiger partial charge in [-0.1, -0.05) is 127 Å². The summed E-state index contributed by atoms with van der Waals surface area (Å²) in [5, 5.41) is 10.1. The Morgan fingerprint density at radius 3 is 1.37 bits per heavy atom. The van der Waals surface area contributed by atoms with Crippen molar-refractivity contribution in [3.8, 4) is 5.75 Å². The van der Waals surface area contributed by atoms with Crippen molar-refractivity contribution < 1.29 is 14.9 Å². The predicted molar refractivity (Wildman–Crippen MR) is 144 cm³/mol. The zero-order valence-electron chi connectivity index (χ0n) is 19.4. The van der Waals surface area contributed by atoms with E-state index in [4.69, 9.17) is 9.62 Å². The monoisotopic (exact) mass is 460 g/mol. The summed E-state index contributed by atoms with van der Waals surface area (Å²) in [6, 6.07) is 39.3. The molecule has 0 aliphatic carbocycles. The van der Waals surface area contributed by atoms with Crippen LogP contribution in [0.25, 0.3) is 18.2 Å². The molecule has 4 rings (SSSR count). The molecule has 4 aromatic rings. The van der Waals surface area contributed by atoms with E-state index in [1.807, 2.05) is 158 Å². The summed E-state index contributed by atoms with van der Waals surface area (Å²) in [6.07, 6.45) is 10.7. The maximum absolute atomic E-state index is 10.1. The van der Waals surface area contributed by atoms with Crippen molar-refractivity contribution in [1.29, 1.82) is 0 Å². The van der Waals surface area contributed by atoms with E-state index in [-0.39, 0.29) is 0 Å². The fourth-order valence-corrected chi connectivity index (χ4v) is 3.68. The first kappa shape index (κ1) is 24.0. The standard InChI is InChI=1S/C32H28O3/c33-35-31(22-21-27-13-5-1-6-14-27)32(34-30-19-11-4-12-20-30,25-23-28-15-7-2-8-16-28)26-24-29-17-9-3-10-18-29/h1-26,31,33H. The third kappa shape index (κ3) is 6.90. The van der Waals surface area contributed by atoms with Gasteiger partial charge in [0.05, 0.1) is 0 Å². The van der Waals surface area contributed by atoms with Crippen LogP contribution in [0.1, 0.15) is 16.7 Å². The molecule has 0 heterocycles. The van der Waals surface area contributed by atoms with E-state index in [1.165, 1.54) is 0 Å². The predicted octanol–water partition coefficient (Wildman–Crippen LogP) is 7.80. The number of rotatable bonds is 10. The second-order valence-corrected chi connectivity index (χ2v) is 8.05. The Bertz CT molecular complexity index is 1180. The van der Waals surface area contributed by atoms with Crippen molar-refractivity contribution in [3.63, 3.8) is 0 Å². The van der Waals surface area contributed by atoms with Crippen LogP contribution in [0, 0.1) is 0 Å². The van der Waals surface area contributed by atoms with Crippen LogP contribution in [-0.4, -0.2) is 17.0 Å². The van der Waals surface area contributed by atoms with Gasteiger partial charge in [0, 0.05) is 0 Å².